The van der Waals surface area contributed by atoms with E-state index in [1.165, 1.54) is 70.3 Å². The van der Waals surface area contributed by atoms with Crippen molar-refractivity contribution in [3.8, 4) is 5.75 Å². The lowest BCUT2D eigenvalue weighted by atomic mass is 9.98. The van der Waals surface area contributed by atoms with Crippen molar-refractivity contribution in [3.05, 3.63) is 35.9 Å². The third kappa shape index (κ3) is 7.59. The first kappa shape index (κ1) is 24.7. The Balaban J connectivity index is 1.83. The molecule has 0 fully saturated rings. The number of methoxy groups -OCH3 is 1. The third-order valence-corrected chi connectivity index (χ3v) is 6.74. The molecule has 2 aromatic rings. The maximum Gasteiger partial charge on any atom is 0.295 e. The van der Waals surface area contributed by atoms with Crippen LogP contribution >= 0.6 is 0 Å². The van der Waals surface area contributed by atoms with Crippen LogP contribution < -0.4 is 4.74 Å². The summed E-state index contributed by atoms with van der Waals surface area (Å²) in [6.07, 6.45) is 16.3. The normalized spacial score (nSPS) is 11.8. The molecule has 0 radical (unpaired) electrons. The molecule has 0 spiro atoms. The Labute approximate surface area is 182 Å². The average Bonchev–Trinajstić information content (AvgIpc) is 2.73. The van der Waals surface area contributed by atoms with Gasteiger partial charge >= 0.3 is 0 Å². The lowest BCUT2D eigenvalue weighted by molar-refractivity contribution is 0.419. The fourth-order valence-corrected chi connectivity index (χ4v) is 4.92. The largest absolute Gasteiger partial charge is 0.496 e. The van der Waals surface area contributed by atoms with Crippen LogP contribution in [0.25, 0.3) is 10.8 Å². The zero-order valence-electron chi connectivity index (χ0n) is 18.7. The lowest BCUT2D eigenvalue weighted by Crippen LogP contribution is -2.02. The van der Waals surface area contributed by atoms with Gasteiger partial charge in [0.15, 0.2) is 0 Å². The number of aryl methyl sites for hydroxylation is 1. The Hall–Kier alpha value is -1.59. The van der Waals surface area contributed by atoms with Crippen molar-refractivity contribution in [1.29, 1.82) is 0 Å². The van der Waals surface area contributed by atoms with Crippen LogP contribution in [0.2, 0.25) is 0 Å². The standard InChI is InChI=1S/C25H38O4S/c1-3-4-5-6-7-8-9-10-11-12-13-14-16-21-17-15-18-22-23(29-2)19-20-24(25(21)22)30(26,27)28/h15,17-20H,3-14,16H2,1-2H3,(H,26,27,28). The van der Waals surface area contributed by atoms with Crippen molar-refractivity contribution in [2.75, 3.05) is 7.11 Å². The topological polar surface area (TPSA) is 63.6 Å². The maximum atomic E-state index is 11.9. The number of fused-ring (bicyclic) bond motifs is 1. The van der Waals surface area contributed by atoms with E-state index in [4.69, 9.17) is 4.74 Å². The molecule has 0 heterocycles. The zero-order valence-corrected chi connectivity index (χ0v) is 19.5. The zero-order chi connectivity index (χ0) is 21.8. The molecule has 0 saturated carbocycles. The lowest BCUT2D eigenvalue weighted by Gasteiger charge is -2.13. The Bertz CT molecular complexity index is 874. The van der Waals surface area contributed by atoms with E-state index in [9.17, 15) is 13.0 Å². The smallest absolute Gasteiger partial charge is 0.295 e. The van der Waals surface area contributed by atoms with E-state index in [-0.39, 0.29) is 4.90 Å². The van der Waals surface area contributed by atoms with Gasteiger partial charge in [0.2, 0.25) is 0 Å². The van der Waals surface area contributed by atoms with Crippen molar-refractivity contribution in [3.63, 3.8) is 0 Å². The second-order valence-electron chi connectivity index (χ2n) is 8.22. The molecule has 0 atom stereocenters. The molecule has 4 nitrogen and oxygen atoms in total. The summed E-state index contributed by atoms with van der Waals surface area (Å²) in [6.45, 7) is 2.25. The van der Waals surface area contributed by atoms with Gasteiger partial charge in [-0.1, -0.05) is 95.8 Å². The fraction of sp³-hybridized carbons (Fsp3) is 0.600. The summed E-state index contributed by atoms with van der Waals surface area (Å²) in [5.74, 6) is 0.619. The van der Waals surface area contributed by atoms with Gasteiger partial charge in [0.25, 0.3) is 10.1 Å². The molecule has 0 aliphatic carbocycles. The second-order valence-corrected chi connectivity index (χ2v) is 9.61. The predicted molar refractivity (Wildman–Crippen MR) is 125 cm³/mol. The van der Waals surface area contributed by atoms with Crippen molar-refractivity contribution >= 4 is 20.9 Å². The van der Waals surface area contributed by atoms with Crippen LogP contribution in [0, 0.1) is 0 Å². The summed E-state index contributed by atoms with van der Waals surface area (Å²) in [5.41, 5.74) is 0.950. The first-order chi connectivity index (χ1) is 14.5. The molecular weight excluding hydrogens is 396 g/mol. The van der Waals surface area contributed by atoms with E-state index in [0.717, 1.165) is 30.2 Å². The number of benzene rings is 2. The van der Waals surface area contributed by atoms with Gasteiger partial charge in [-0.25, -0.2) is 0 Å². The summed E-state index contributed by atoms with van der Waals surface area (Å²) in [6, 6.07) is 8.75. The molecule has 0 bridgehead atoms. The van der Waals surface area contributed by atoms with Crippen molar-refractivity contribution in [2.24, 2.45) is 0 Å². The fourth-order valence-electron chi connectivity index (χ4n) is 4.18. The van der Waals surface area contributed by atoms with Crippen LogP contribution in [0.1, 0.15) is 89.5 Å². The SMILES string of the molecule is CCCCCCCCCCCCCCc1cccc2c(OC)ccc(S(=O)(=O)O)c12. The Morgan fingerprint density at radius 2 is 1.37 bits per heavy atom. The maximum absolute atomic E-state index is 11.9. The average molecular weight is 435 g/mol. The van der Waals surface area contributed by atoms with E-state index in [2.05, 4.69) is 6.92 Å². The number of rotatable bonds is 15. The first-order valence-electron chi connectivity index (χ1n) is 11.5. The summed E-state index contributed by atoms with van der Waals surface area (Å²) in [4.78, 5) is -0.0344. The molecule has 168 valence electrons. The van der Waals surface area contributed by atoms with E-state index in [0.29, 0.717) is 11.1 Å². The number of unbranched alkanes of at least 4 members (excludes halogenated alkanes) is 11. The summed E-state index contributed by atoms with van der Waals surface area (Å²) < 4.78 is 38.8. The molecule has 2 rings (SSSR count). The highest BCUT2D eigenvalue weighted by molar-refractivity contribution is 7.86. The van der Waals surface area contributed by atoms with Gasteiger partial charge in [-0.2, -0.15) is 8.42 Å². The van der Waals surface area contributed by atoms with Crippen LogP contribution in [0.4, 0.5) is 0 Å². The second kappa shape index (κ2) is 13.0. The van der Waals surface area contributed by atoms with Gasteiger partial charge in [0, 0.05) is 10.8 Å². The van der Waals surface area contributed by atoms with E-state index < -0.39 is 10.1 Å². The van der Waals surface area contributed by atoms with Crippen molar-refractivity contribution in [1.82, 2.24) is 0 Å². The molecule has 30 heavy (non-hydrogen) atoms. The molecule has 5 heteroatoms. The van der Waals surface area contributed by atoms with Gasteiger partial charge in [-0.15, -0.1) is 0 Å². The molecule has 0 aliphatic rings. The van der Waals surface area contributed by atoms with Crippen LogP contribution in [-0.4, -0.2) is 20.1 Å². The molecule has 0 amide bonds. The molecule has 0 saturated heterocycles. The van der Waals surface area contributed by atoms with Gasteiger partial charge < -0.3 is 4.74 Å². The van der Waals surface area contributed by atoms with Crippen LogP contribution in [-0.2, 0) is 16.5 Å². The van der Waals surface area contributed by atoms with Crippen molar-refractivity contribution < 1.29 is 17.7 Å². The summed E-state index contributed by atoms with van der Waals surface area (Å²) >= 11 is 0. The highest BCUT2D eigenvalue weighted by atomic mass is 32.2. The van der Waals surface area contributed by atoms with Gasteiger partial charge in [-0.05, 0) is 30.5 Å². The van der Waals surface area contributed by atoms with Crippen LogP contribution in [0.15, 0.2) is 35.2 Å². The molecule has 0 aromatic heterocycles. The molecular formula is C25H38O4S. The Kier molecular flexibility index (Phi) is 10.7. The summed E-state index contributed by atoms with van der Waals surface area (Å²) in [5, 5.41) is 1.31. The van der Waals surface area contributed by atoms with Crippen molar-refractivity contribution in [2.45, 2.75) is 95.3 Å². The Morgan fingerprint density at radius 3 is 1.90 bits per heavy atom. The van der Waals surface area contributed by atoms with Crippen LogP contribution in [0.3, 0.4) is 0 Å². The molecule has 2 aromatic carbocycles. The van der Waals surface area contributed by atoms with Gasteiger partial charge in [0.1, 0.15) is 10.6 Å². The third-order valence-electron chi connectivity index (χ3n) is 5.85. The molecule has 0 aliphatic heterocycles. The minimum atomic E-state index is -4.29. The predicted octanol–water partition coefficient (Wildman–Crippen LogP) is 7.34. The van der Waals surface area contributed by atoms with Crippen LogP contribution in [0.5, 0.6) is 5.75 Å². The first-order valence-corrected chi connectivity index (χ1v) is 13.0. The number of hydrogen-bond acceptors (Lipinski definition) is 3. The van der Waals surface area contributed by atoms with E-state index in [1.807, 2.05) is 18.2 Å². The van der Waals surface area contributed by atoms with Gasteiger partial charge in [-0.3, -0.25) is 4.55 Å². The number of ether oxygens (including phenoxy) is 1. The van der Waals surface area contributed by atoms with E-state index in [1.54, 1.807) is 13.2 Å². The van der Waals surface area contributed by atoms with Gasteiger partial charge in [0.05, 0.1) is 7.11 Å². The molecule has 0 unspecified atom stereocenters. The summed E-state index contributed by atoms with van der Waals surface area (Å²) in [7, 11) is -2.72. The minimum absolute atomic E-state index is 0.0344. The number of hydrogen-bond donors (Lipinski definition) is 1. The monoisotopic (exact) mass is 434 g/mol. The quantitative estimate of drug-likeness (QED) is 0.235. The molecule has 1 N–H and O–H groups in total. The highest BCUT2D eigenvalue weighted by Gasteiger charge is 2.18. The van der Waals surface area contributed by atoms with E-state index >= 15 is 0 Å². The highest BCUT2D eigenvalue weighted by Crippen LogP contribution is 2.34. The Morgan fingerprint density at radius 1 is 0.800 bits per heavy atom. The minimum Gasteiger partial charge on any atom is -0.496 e.